The molecule has 9 amide bonds. The smallest absolute Gasteiger partial charge is 0.327 e. The predicted molar refractivity (Wildman–Crippen MR) is 334 cm³/mol. The number of likely N-dealkylation sites (N-methyl/N-ethyl adjacent to an activating group) is 1. The molecule has 1 unspecified atom stereocenters. The number of carbonyl (C=O) groups excluding carboxylic acids is 9. The molecule has 0 radical (unpaired) electrons. The number of thioether (sulfide) groups is 1. The molecule has 506 valence electrons. The van der Waals surface area contributed by atoms with Gasteiger partial charge in [0.15, 0.2) is 5.96 Å². The Bertz CT molecular complexity index is 2800. The van der Waals surface area contributed by atoms with Crippen LogP contribution >= 0.6 is 11.8 Å². The van der Waals surface area contributed by atoms with Crippen LogP contribution in [0.15, 0.2) is 59.1 Å². The van der Waals surface area contributed by atoms with Gasteiger partial charge in [-0.3, -0.25) is 57.7 Å². The van der Waals surface area contributed by atoms with Gasteiger partial charge in [-0.25, -0.2) is 9.59 Å². The lowest BCUT2D eigenvalue weighted by atomic mass is 9.94. The minimum absolute atomic E-state index is 0.0302. The first-order valence-electron chi connectivity index (χ1n) is 29.5. The highest BCUT2D eigenvalue weighted by Gasteiger charge is 2.38. The molecule has 2 rings (SSSR count). The van der Waals surface area contributed by atoms with E-state index in [1.165, 1.54) is 26.8 Å². The number of rotatable bonds is 27. The zero-order chi connectivity index (χ0) is 68.8. The number of nitrogens with one attached hydrogen (secondary N) is 8. The standard InChI is InChI=1S/C59H91N13O18S/c1-30(2)24-41-54(82)71-48(58(88)89)34(6)50(78)68-39(16-13-23-63-59(61)62)53(81)67-38(19-17-31(3)25-32(4)44(90-9)26-36-14-11-10-12-15-36)33(5)49(77)69-40(57(86)87)20-22-46(74)72(8)43(55(83)65-35(7)51(79)70-41)29-91-28-42(52(80)64-27-47(75)76)66-45(73)21-18-37(60)56(84)85/h10-12,14-15,17,19,25,30,32-35,37-44,48H,13,16,18,20-24,26-29,60H2,1-9H3,(H,64,80)(H,65,83)(H,66,73)(H,67,81)(H,68,78)(H,69,77)(H,70,79)(H,71,82)(H,75,76)(H,84,85)(H,86,87)(H,88,89)(H4,61,62,63)/b19-17+,31-25+/t32-,33-,34-,35+,37-,38-,39-,40+,41-,42-,43?,44-,48+/m0/s1. The fourth-order valence-electron chi connectivity index (χ4n) is 9.17. The van der Waals surface area contributed by atoms with Gasteiger partial charge in [0, 0.05) is 51.0 Å². The van der Waals surface area contributed by atoms with E-state index in [1.54, 1.807) is 34.0 Å². The maximum atomic E-state index is 14.6. The first-order valence-corrected chi connectivity index (χ1v) is 30.7. The van der Waals surface area contributed by atoms with Crippen LogP contribution < -0.4 is 59.7 Å². The van der Waals surface area contributed by atoms with E-state index >= 15 is 0 Å². The van der Waals surface area contributed by atoms with Gasteiger partial charge in [0.05, 0.1) is 24.0 Å². The van der Waals surface area contributed by atoms with Crippen LogP contribution in [0.3, 0.4) is 0 Å². The predicted octanol–water partition coefficient (Wildman–Crippen LogP) is -1.92. The molecule has 1 saturated heterocycles. The first kappa shape index (κ1) is 78.4. The number of nitrogens with two attached hydrogens (primary N) is 3. The second kappa shape index (κ2) is 39.5. The van der Waals surface area contributed by atoms with Crippen molar-refractivity contribution in [3.05, 3.63) is 59.7 Å². The Balaban J connectivity index is 2.83. The molecule has 1 aliphatic rings. The Hall–Kier alpha value is -8.65. The van der Waals surface area contributed by atoms with Gasteiger partial charge in [-0.2, -0.15) is 11.8 Å². The first-order chi connectivity index (χ1) is 42.7. The van der Waals surface area contributed by atoms with Crippen molar-refractivity contribution in [3.8, 4) is 0 Å². The van der Waals surface area contributed by atoms with E-state index in [4.69, 9.17) is 21.9 Å². The molecule has 0 aromatic heterocycles. The van der Waals surface area contributed by atoms with E-state index in [9.17, 15) is 82.8 Å². The van der Waals surface area contributed by atoms with Crippen molar-refractivity contribution in [1.82, 2.24) is 47.4 Å². The van der Waals surface area contributed by atoms with Crippen LogP contribution in [0.25, 0.3) is 0 Å². The molecule has 0 saturated carbocycles. The number of amides is 9. The fraction of sp³-hybridized carbons (Fsp3) is 0.593. The van der Waals surface area contributed by atoms with Crippen molar-refractivity contribution in [2.24, 2.45) is 45.9 Å². The number of carboxylic acids is 4. The Kier molecular flexibility index (Phi) is 34.0. The van der Waals surface area contributed by atoms with Crippen molar-refractivity contribution in [1.29, 1.82) is 0 Å². The molecule has 32 heteroatoms. The summed E-state index contributed by atoms with van der Waals surface area (Å²) in [6, 6.07) is -4.50. The van der Waals surface area contributed by atoms with Crippen LogP contribution in [-0.2, 0) is 73.5 Å². The van der Waals surface area contributed by atoms with Crippen molar-refractivity contribution in [3.63, 3.8) is 0 Å². The summed E-state index contributed by atoms with van der Waals surface area (Å²) in [5, 5.41) is 58.9. The number of ether oxygens (including phenoxy) is 1. The van der Waals surface area contributed by atoms with Gasteiger partial charge in [-0.15, -0.1) is 0 Å². The highest BCUT2D eigenvalue weighted by atomic mass is 32.2. The summed E-state index contributed by atoms with van der Waals surface area (Å²) in [6.45, 7) is 9.92. The average Bonchev–Trinajstić information content (AvgIpc) is 1.99. The molecule has 18 N–H and O–H groups in total. The highest BCUT2D eigenvalue weighted by molar-refractivity contribution is 7.99. The van der Waals surface area contributed by atoms with E-state index in [2.05, 4.69) is 47.5 Å². The van der Waals surface area contributed by atoms with Crippen molar-refractivity contribution in [2.75, 3.05) is 38.8 Å². The summed E-state index contributed by atoms with van der Waals surface area (Å²) in [4.78, 5) is 179. The van der Waals surface area contributed by atoms with Gasteiger partial charge in [-0.05, 0) is 63.9 Å². The number of guanidine groups is 1. The normalized spacial score (nSPS) is 23.6. The highest BCUT2D eigenvalue weighted by Crippen LogP contribution is 2.20. The minimum Gasteiger partial charge on any atom is -0.480 e. The van der Waals surface area contributed by atoms with Crippen LogP contribution in [0, 0.1) is 23.7 Å². The van der Waals surface area contributed by atoms with Crippen molar-refractivity contribution in [2.45, 2.75) is 160 Å². The zero-order valence-corrected chi connectivity index (χ0v) is 53.5. The molecule has 31 nitrogen and oxygen atoms in total. The zero-order valence-electron chi connectivity index (χ0n) is 52.7. The number of methoxy groups -OCH3 is 1. The number of benzene rings is 1. The van der Waals surface area contributed by atoms with E-state index in [0.717, 1.165) is 29.3 Å². The maximum Gasteiger partial charge on any atom is 0.327 e. The topological polar surface area (TPSA) is 502 Å². The summed E-state index contributed by atoms with van der Waals surface area (Å²) in [5.74, 6) is -19.4. The van der Waals surface area contributed by atoms with Gasteiger partial charge in [0.1, 0.15) is 54.9 Å². The van der Waals surface area contributed by atoms with Crippen LogP contribution in [0.5, 0.6) is 0 Å². The largest absolute Gasteiger partial charge is 0.480 e. The molecule has 1 aromatic carbocycles. The number of aliphatic imine (C=N–C) groups is 1. The third-order valence-corrected chi connectivity index (χ3v) is 15.8. The van der Waals surface area contributed by atoms with Crippen LogP contribution in [0.4, 0.5) is 0 Å². The molecule has 1 aromatic rings. The van der Waals surface area contributed by atoms with Gasteiger partial charge in [0.25, 0.3) is 0 Å². The summed E-state index contributed by atoms with van der Waals surface area (Å²) in [7, 11) is 2.74. The van der Waals surface area contributed by atoms with E-state index < -0.39 is 181 Å². The van der Waals surface area contributed by atoms with Crippen LogP contribution in [-0.4, -0.2) is 208 Å². The van der Waals surface area contributed by atoms with E-state index in [1.807, 2.05) is 43.3 Å². The van der Waals surface area contributed by atoms with Crippen LogP contribution in [0.2, 0.25) is 0 Å². The summed E-state index contributed by atoms with van der Waals surface area (Å²) < 4.78 is 5.83. The molecule has 1 fully saturated rings. The number of carboxylic acid groups (broad SMARTS) is 4. The minimum atomic E-state index is -1.99. The summed E-state index contributed by atoms with van der Waals surface area (Å²) in [6.07, 6.45) is 3.00. The second-order valence-electron chi connectivity index (χ2n) is 22.7. The Labute approximate surface area is 532 Å². The molecule has 91 heavy (non-hydrogen) atoms. The van der Waals surface area contributed by atoms with Gasteiger partial charge in [-0.1, -0.05) is 88.8 Å². The average molecular weight is 1300 g/mol. The van der Waals surface area contributed by atoms with Crippen LogP contribution in [0.1, 0.15) is 99.0 Å². The lowest BCUT2D eigenvalue weighted by Crippen LogP contribution is -2.59. The molecule has 1 aliphatic heterocycles. The van der Waals surface area contributed by atoms with E-state index in [-0.39, 0.29) is 56.1 Å². The Morgan fingerprint density at radius 2 is 1.44 bits per heavy atom. The molecular weight excluding hydrogens is 1210 g/mol. The monoisotopic (exact) mass is 1300 g/mol. The third kappa shape index (κ3) is 28.4. The molecule has 0 bridgehead atoms. The lowest BCUT2D eigenvalue weighted by molar-refractivity contribution is -0.146. The number of carbonyl (C=O) groups is 13. The molecule has 13 atom stereocenters. The SMILES string of the molecule is CO[C@@H](Cc1ccccc1)[C@@H](C)/C=C(C)/C=C/[C@@H]1NC(=O)[C@H](CCCN=C(N)N)NC(=O)[C@@H](C)[C@H](C(=O)O)NC(=O)[C@H](CC(C)C)NC(=O)[C@@H](C)NC(=O)C(CSC[C@H](NC(=O)CC[C@H](N)C(=O)O)C(=O)NCC(=O)O)N(C)C(=O)CC[C@H](C(=O)O)NC(=O)[C@H]1C. The quantitative estimate of drug-likeness (QED) is 0.0198. The number of aliphatic carboxylic acids is 4. The van der Waals surface area contributed by atoms with Gasteiger partial charge >= 0.3 is 23.9 Å². The summed E-state index contributed by atoms with van der Waals surface area (Å²) in [5.41, 5.74) is 18.3. The Morgan fingerprint density at radius 1 is 0.813 bits per heavy atom. The number of hydrogen-bond acceptors (Lipinski definition) is 17. The molecule has 0 spiro atoms. The van der Waals surface area contributed by atoms with E-state index in [0.29, 0.717) is 12.0 Å². The van der Waals surface area contributed by atoms with Crippen molar-refractivity contribution >= 4 is 94.8 Å². The van der Waals surface area contributed by atoms with Gasteiger partial charge in [0.2, 0.25) is 53.2 Å². The number of allylic oxidation sites excluding steroid dienone is 2. The second-order valence-corrected chi connectivity index (χ2v) is 23.7. The van der Waals surface area contributed by atoms with Gasteiger partial charge < -0.3 is 89.8 Å². The molecular formula is C59H91N13O18S. The van der Waals surface area contributed by atoms with Crippen molar-refractivity contribution < 1.29 is 87.5 Å². The fourth-order valence-corrected chi connectivity index (χ4v) is 10.4. The Morgan fingerprint density at radius 3 is 2.02 bits per heavy atom. The summed E-state index contributed by atoms with van der Waals surface area (Å²) >= 11 is 0.779. The molecule has 1 heterocycles. The number of hydrogen-bond donors (Lipinski definition) is 15. The number of nitrogens with zero attached hydrogens (tertiary/aromatic N) is 2. The maximum absolute atomic E-state index is 14.6. The lowest BCUT2D eigenvalue weighted by Gasteiger charge is -2.30. The third-order valence-electron chi connectivity index (χ3n) is 14.7. The molecule has 0 aliphatic carbocycles.